The Bertz CT molecular complexity index is 663. The fourth-order valence-electron chi connectivity index (χ4n) is 4.05. The van der Waals surface area contributed by atoms with Crippen molar-refractivity contribution < 1.29 is 14.3 Å². The SMILES string of the molecule is O=C(NC1(C(=O)NCC2CC2)CCCC1)C1CCOc2ccccc21. The van der Waals surface area contributed by atoms with Crippen LogP contribution in [-0.2, 0) is 9.59 Å². The van der Waals surface area contributed by atoms with Gasteiger partial charge in [-0.25, -0.2) is 0 Å². The first kappa shape index (κ1) is 16.4. The van der Waals surface area contributed by atoms with Gasteiger partial charge in [-0.2, -0.15) is 0 Å². The van der Waals surface area contributed by atoms with Crippen LogP contribution in [-0.4, -0.2) is 30.5 Å². The molecule has 1 aromatic rings. The first-order valence-corrected chi connectivity index (χ1v) is 9.50. The maximum atomic E-state index is 13.0. The summed E-state index contributed by atoms with van der Waals surface area (Å²) in [5.74, 6) is 1.15. The molecule has 2 fully saturated rings. The van der Waals surface area contributed by atoms with Gasteiger partial charge in [-0.3, -0.25) is 9.59 Å². The molecule has 1 aliphatic heterocycles. The van der Waals surface area contributed by atoms with E-state index in [-0.39, 0.29) is 17.7 Å². The van der Waals surface area contributed by atoms with Gasteiger partial charge in [0.05, 0.1) is 12.5 Å². The minimum absolute atomic E-state index is 0.00518. The zero-order chi connectivity index (χ0) is 17.3. The molecule has 5 nitrogen and oxygen atoms in total. The Labute approximate surface area is 148 Å². The molecule has 0 radical (unpaired) electrons. The lowest BCUT2D eigenvalue weighted by atomic mass is 9.89. The number of benzene rings is 1. The molecule has 5 heteroatoms. The number of hydrogen-bond donors (Lipinski definition) is 2. The number of hydrogen-bond acceptors (Lipinski definition) is 3. The highest BCUT2D eigenvalue weighted by molar-refractivity contribution is 5.94. The number of rotatable bonds is 5. The Kier molecular flexibility index (Phi) is 4.40. The van der Waals surface area contributed by atoms with Crippen LogP contribution in [0.4, 0.5) is 0 Å². The van der Waals surface area contributed by atoms with Crippen LogP contribution in [0.2, 0.25) is 0 Å². The molecule has 1 aromatic carbocycles. The van der Waals surface area contributed by atoms with E-state index in [9.17, 15) is 9.59 Å². The van der Waals surface area contributed by atoms with Gasteiger partial charge in [0, 0.05) is 12.1 Å². The van der Waals surface area contributed by atoms with Crippen molar-refractivity contribution in [3.8, 4) is 5.75 Å². The first-order chi connectivity index (χ1) is 12.2. The molecule has 134 valence electrons. The molecule has 2 aliphatic carbocycles. The monoisotopic (exact) mass is 342 g/mol. The smallest absolute Gasteiger partial charge is 0.245 e. The highest BCUT2D eigenvalue weighted by atomic mass is 16.5. The number of para-hydroxylation sites is 1. The van der Waals surface area contributed by atoms with Crippen molar-refractivity contribution in [2.45, 2.75) is 56.4 Å². The largest absolute Gasteiger partial charge is 0.493 e. The maximum Gasteiger partial charge on any atom is 0.245 e. The molecule has 1 atom stereocenters. The van der Waals surface area contributed by atoms with E-state index in [1.54, 1.807) is 0 Å². The van der Waals surface area contributed by atoms with Gasteiger partial charge < -0.3 is 15.4 Å². The third-order valence-electron chi connectivity index (χ3n) is 5.78. The van der Waals surface area contributed by atoms with Gasteiger partial charge in [0.25, 0.3) is 0 Å². The Morgan fingerprint density at radius 2 is 1.88 bits per heavy atom. The van der Waals surface area contributed by atoms with E-state index in [0.29, 0.717) is 18.9 Å². The molecule has 0 aromatic heterocycles. The predicted octanol–water partition coefficient (Wildman–Crippen LogP) is 2.51. The minimum atomic E-state index is -0.723. The van der Waals surface area contributed by atoms with Crippen molar-refractivity contribution in [1.29, 1.82) is 0 Å². The number of nitrogens with one attached hydrogen (secondary N) is 2. The van der Waals surface area contributed by atoms with Crippen molar-refractivity contribution in [3.05, 3.63) is 29.8 Å². The zero-order valence-corrected chi connectivity index (χ0v) is 14.6. The molecule has 0 spiro atoms. The second-order valence-corrected chi connectivity index (χ2v) is 7.66. The van der Waals surface area contributed by atoms with Gasteiger partial charge in [-0.05, 0) is 44.1 Å². The molecule has 3 aliphatic rings. The molecule has 2 N–H and O–H groups in total. The molecule has 4 rings (SSSR count). The fraction of sp³-hybridized carbons (Fsp3) is 0.600. The van der Waals surface area contributed by atoms with Gasteiger partial charge in [0.2, 0.25) is 11.8 Å². The van der Waals surface area contributed by atoms with E-state index in [0.717, 1.165) is 43.5 Å². The van der Waals surface area contributed by atoms with Crippen molar-refractivity contribution in [2.24, 2.45) is 5.92 Å². The van der Waals surface area contributed by atoms with Crippen molar-refractivity contribution in [1.82, 2.24) is 10.6 Å². The van der Waals surface area contributed by atoms with Crippen molar-refractivity contribution in [3.63, 3.8) is 0 Å². The quantitative estimate of drug-likeness (QED) is 0.864. The fourth-order valence-corrected chi connectivity index (χ4v) is 4.05. The Hall–Kier alpha value is -2.04. The lowest BCUT2D eigenvalue weighted by Gasteiger charge is -2.32. The number of amides is 2. The molecule has 1 heterocycles. The predicted molar refractivity (Wildman–Crippen MR) is 94.4 cm³/mol. The van der Waals surface area contributed by atoms with Crippen LogP contribution in [0.5, 0.6) is 5.75 Å². The van der Waals surface area contributed by atoms with Gasteiger partial charge in [-0.1, -0.05) is 31.0 Å². The minimum Gasteiger partial charge on any atom is -0.493 e. The molecule has 0 saturated heterocycles. The van der Waals surface area contributed by atoms with Crippen LogP contribution >= 0.6 is 0 Å². The highest BCUT2D eigenvalue weighted by Gasteiger charge is 2.44. The average molecular weight is 342 g/mol. The molecule has 2 amide bonds. The molecule has 1 unspecified atom stereocenters. The number of ether oxygens (including phenoxy) is 1. The van der Waals surface area contributed by atoms with Crippen molar-refractivity contribution >= 4 is 11.8 Å². The summed E-state index contributed by atoms with van der Waals surface area (Å²) in [7, 11) is 0. The van der Waals surface area contributed by atoms with Gasteiger partial charge in [0.1, 0.15) is 11.3 Å². The first-order valence-electron chi connectivity index (χ1n) is 9.50. The molecule has 0 bridgehead atoms. The topological polar surface area (TPSA) is 67.4 Å². The van der Waals surface area contributed by atoms with Crippen LogP contribution in [0.1, 0.15) is 56.4 Å². The lowest BCUT2D eigenvalue weighted by Crippen LogP contribution is -2.58. The van der Waals surface area contributed by atoms with E-state index in [4.69, 9.17) is 4.74 Å². The van der Waals surface area contributed by atoms with E-state index in [1.165, 1.54) is 12.8 Å². The second kappa shape index (κ2) is 6.70. The standard InChI is InChI=1S/C20H26N2O3/c23-18(16-9-12-25-17-6-2-1-5-15(16)17)22-20(10-3-4-11-20)19(24)21-13-14-7-8-14/h1-2,5-6,14,16H,3-4,7-13H2,(H,21,24)(H,22,23). The average Bonchev–Trinajstić information content (AvgIpc) is 3.36. The van der Waals surface area contributed by atoms with E-state index < -0.39 is 5.54 Å². The molecule has 25 heavy (non-hydrogen) atoms. The summed E-state index contributed by atoms with van der Waals surface area (Å²) in [6.45, 7) is 1.28. The van der Waals surface area contributed by atoms with Crippen LogP contribution in [0, 0.1) is 5.92 Å². The number of fused-ring (bicyclic) bond motifs is 1. The summed E-state index contributed by atoms with van der Waals surface area (Å²) >= 11 is 0. The number of carbonyl (C=O) groups is 2. The lowest BCUT2D eigenvalue weighted by molar-refractivity contribution is -0.134. The van der Waals surface area contributed by atoms with Crippen LogP contribution < -0.4 is 15.4 Å². The van der Waals surface area contributed by atoms with E-state index in [2.05, 4.69) is 10.6 Å². The normalized spacial score (nSPS) is 24.1. The van der Waals surface area contributed by atoms with Gasteiger partial charge >= 0.3 is 0 Å². The summed E-state index contributed by atoms with van der Waals surface area (Å²) in [5.41, 5.74) is 0.206. The molecular formula is C20H26N2O3. The van der Waals surface area contributed by atoms with Crippen LogP contribution in [0.25, 0.3) is 0 Å². The summed E-state index contributed by atoms with van der Waals surface area (Å²) < 4.78 is 5.66. The van der Waals surface area contributed by atoms with Crippen LogP contribution in [0.3, 0.4) is 0 Å². The van der Waals surface area contributed by atoms with Crippen LogP contribution in [0.15, 0.2) is 24.3 Å². The Morgan fingerprint density at radius 3 is 2.64 bits per heavy atom. The van der Waals surface area contributed by atoms with Gasteiger partial charge in [0.15, 0.2) is 0 Å². The summed E-state index contributed by atoms with van der Waals surface area (Å²) in [6.07, 6.45) is 6.52. The summed E-state index contributed by atoms with van der Waals surface area (Å²) in [4.78, 5) is 25.8. The summed E-state index contributed by atoms with van der Waals surface area (Å²) in [5, 5.41) is 6.22. The summed E-state index contributed by atoms with van der Waals surface area (Å²) in [6, 6.07) is 7.71. The Balaban J connectivity index is 1.48. The highest BCUT2D eigenvalue weighted by Crippen LogP contribution is 2.36. The van der Waals surface area contributed by atoms with Crippen molar-refractivity contribution in [2.75, 3.05) is 13.2 Å². The van der Waals surface area contributed by atoms with E-state index >= 15 is 0 Å². The third-order valence-corrected chi connectivity index (χ3v) is 5.78. The van der Waals surface area contributed by atoms with Gasteiger partial charge in [-0.15, -0.1) is 0 Å². The third kappa shape index (κ3) is 3.37. The Morgan fingerprint density at radius 1 is 1.12 bits per heavy atom. The molecule has 2 saturated carbocycles. The molecular weight excluding hydrogens is 316 g/mol. The number of carbonyl (C=O) groups excluding carboxylic acids is 2. The second-order valence-electron chi connectivity index (χ2n) is 7.66. The maximum absolute atomic E-state index is 13.0. The zero-order valence-electron chi connectivity index (χ0n) is 14.6. The van der Waals surface area contributed by atoms with E-state index in [1.807, 2.05) is 24.3 Å².